The first-order chi connectivity index (χ1) is 9.78. The molecule has 1 amide bonds. The quantitative estimate of drug-likeness (QED) is 0.795. The lowest BCUT2D eigenvalue weighted by molar-refractivity contribution is -0.121. The van der Waals surface area contributed by atoms with Crippen LogP contribution in [0.1, 0.15) is 17.5 Å². The van der Waals surface area contributed by atoms with Crippen molar-refractivity contribution >= 4 is 5.91 Å². The highest BCUT2D eigenvalue weighted by atomic mass is 16.1. The lowest BCUT2D eigenvalue weighted by Gasteiger charge is -2.08. The van der Waals surface area contributed by atoms with Crippen molar-refractivity contribution in [1.82, 2.24) is 20.2 Å². The van der Waals surface area contributed by atoms with Gasteiger partial charge in [-0.25, -0.2) is 4.98 Å². The minimum atomic E-state index is 0.0689. The van der Waals surface area contributed by atoms with Crippen LogP contribution in [0.5, 0.6) is 0 Å². The van der Waals surface area contributed by atoms with E-state index in [4.69, 9.17) is 0 Å². The molecule has 0 bridgehead atoms. The number of hydrogen-bond donors (Lipinski definition) is 2. The Hall–Kier alpha value is -2.14. The largest absolute Gasteiger partial charge is 0.352 e. The molecule has 1 aromatic carbocycles. The Morgan fingerprint density at radius 1 is 1.35 bits per heavy atom. The van der Waals surface area contributed by atoms with Crippen LogP contribution in [0.2, 0.25) is 0 Å². The van der Waals surface area contributed by atoms with Gasteiger partial charge in [-0.05, 0) is 18.2 Å². The number of benzene rings is 1. The molecule has 0 fully saturated rings. The smallest absolute Gasteiger partial charge is 0.221 e. The van der Waals surface area contributed by atoms with Gasteiger partial charge in [-0.3, -0.25) is 4.79 Å². The zero-order valence-corrected chi connectivity index (χ0v) is 11.7. The third-order valence-electron chi connectivity index (χ3n) is 3.01. The highest BCUT2D eigenvalue weighted by molar-refractivity contribution is 5.76. The molecule has 2 aromatic rings. The number of carbonyl (C=O) groups excluding carboxylic acids is 1. The van der Waals surface area contributed by atoms with Crippen LogP contribution < -0.4 is 10.6 Å². The van der Waals surface area contributed by atoms with E-state index in [1.807, 2.05) is 29.9 Å². The van der Waals surface area contributed by atoms with Gasteiger partial charge in [0, 0.05) is 38.4 Å². The molecule has 1 aromatic heterocycles. The van der Waals surface area contributed by atoms with E-state index in [1.54, 1.807) is 12.5 Å². The minimum absolute atomic E-state index is 0.0689. The van der Waals surface area contributed by atoms with Gasteiger partial charge in [0.2, 0.25) is 5.91 Å². The molecule has 0 spiro atoms. The van der Waals surface area contributed by atoms with Crippen molar-refractivity contribution in [3.8, 4) is 0 Å². The van der Waals surface area contributed by atoms with E-state index >= 15 is 0 Å². The fourth-order valence-electron chi connectivity index (χ4n) is 1.96. The molecule has 0 saturated heterocycles. The molecule has 20 heavy (non-hydrogen) atoms. The molecule has 0 saturated carbocycles. The van der Waals surface area contributed by atoms with E-state index in [-0.39, 0.29) is 5.91 Å². The van der Waals surface area contributed by atoms with Crippen LogP contribution >= 0.6 is 0 Å². The van der Waals surface area contributed by atoms with Gasteiger partial charge in [0.05, 0.1) is 6.33 Å². The predicted molar refractivity (Wildman–Crippen MR) is 78.2 cm³/mol. The van der Waals surface area contributed by atoms with Crippen LogP contribution in [0.15, 0.2) is 43.0 Å². The molecule has 0 unspecified atom stereocenters. The van der Waals surface area contributed by atoms with Gasteiger partial charge in [0.15, 0.2) is 0 Å². The van der Waals surface area contributed by atoms with E-state index in [0.29, 0.717) is 19.5 Å². The fraction of sp³-hybridized carbons (Fsp3) is 0.333. The molecule has 0 radical (unpaired) electrons. The Bertz CT molecular complexity index is 537. The Balaban J connectivity index is 1.87. The summed E-state index contributed by atoms with van der Waals surface area (Å²) in [6.45, 7) is 2.06. The van der Waals surface area contributed by atoms with Gasteiger partial charge in [0.25, 0.3) is 0 Å². The van der Waals surface area contributed by atoms with Gasteiger partial charge in [-0.15, -0.1) is 0 Å². The van der Waals surface area contributed by atoms with Crippen molar-refractivity contribution < 1.29 is 4.79 Å². The summed E-state index contributed by atoms with van der Waals surface area (Å²) in [4.78, 5) is 15.6. The van der Waals surface area contributed by atoms with Crippen molar-refractivity contribution in [3.63, 3.8) is 0 Å². The molecule has 0 atom stereocenters. The van der Waals surface area contributed by atoms with Crippen molar-refractivity contribution in [2.75, 3.05) is 13.6 Å². The number of amides is 1. The standard InChI is InChI=1S/C15H20N4O/c1-16-6-5-15(20)18-10-13-3-2-4-14(9-13)11-19-8-7-17-12-19/h2-4,7-9,12,16H,5-6,10-11H2,1H3,(H,18,20). The summed E-state index contributed by atoms with van der Waals surface area (Å²) in [5, 5.41) is 5.88. The van der Waals surface area contributed by atoms with Crippen LogP contribution in [0, 0.1) is 0 Å². The Morgan fingerprint density at radius 3 is 2.95 bits per heavy atom. The van der Waals surface area contributed by atoms with Crippen molar-refractivity contribution in [1.29, 1.82) is 0 Å². The average molecular weight is 272 g/mol. The first-order valence-corrected chi connectivity index (χ1v) is 6.73. The highest BCUT2D eigenvalue weighted by Gasteiger charge is 2.01. The number of nitrogens with one attached hydrogen (secondary N) is 2. The highest BCUT2D eigenvalue weighted by Crippen LogP contribution is 2.07. The van der Waals surface area contributed by atoms with Gasteiger partial charge in [-0.1, -0.05) is 24.3 Å². The first kappa shape index (κ1) is 14.3. The lowest BCUT2D eigenvalue weighted by Crippen LogP contribution is -2.26. The molecule has 5 heteroatoms. The van der Waals surface area contributed by atoms with E-state index in [9.17, 15) is 4.79 Å². The fourth-order valence-corrected chi connectivity index (χ4v) is 1.96. The van der Waals surface area contributed by atoms with Crippen LogP contribution in [-0.2, 0) is 17.9 Å². The maximum Gasteiger partial charge on any atom is 0.221 e. The van der Waals surface area contributed by atoms with Crippen LogP contribution in [-0.4, -0.2) is 29.1 Å². The molecule has 5 nitrogen and oxygen atoms in total. The van der Waals surface area contributed by atoms with Crippen LogP contribution in [0.4, 0.5) is 0 Å². The summed E-state index contributed by atoms with van der Waals surface area (Å²) in [5.74, 6) is 0.0689. The SMILES string of the molecule is CNCCC(=O)NCc1cccc(Cn2ccnc2)c1. The molecule has 0 aliphatic heterocycles. The Kier molecular flexibility index (Phi) is 5.32. The number of rotatable bonds is 7. The molecule has 0 aliphatic carbocycles. The number of nitrogens with zero attached hydrogens (tertiary/aromatic N) is 2. The molecule has 2 N–H and O–H groups in total. The van der Waals surface area contributed by atoms with Gasteiger partial charge >= 0.3 is 0 Å². The topological polar surface area (TPSA) is 59.0 Å². The summed E-state index contributed by atoms with van der Waals surface area (Å²) in [6.07, 6.45) is 6.01. The summed E-state index contributed by atoms with van der Waals surface area (Å²) < 4.78 is 2.02. The number of aromatic nitrogens is 2. The zero-order chi connectivity index (χ0) is 14.2. The van der Waals surface area contributed by atoms with Crippen LogP contribution in [0.25, 0.3) is 0 Å². The van der Waals surface area contributed by atoms with Gasteiger partial charge in [-0.2, -0.15) is 0 Å². The second-order valence-electron chi connectivity index (χ2n) is 4.69. The Labute approximate surface area is 119 Å². The zero-order valence-electron chi connectivity index (χ0n) is 11.7. The maximum absolute atomic E-state index is 11.6. The minimum Gasteiger partial charge on any atom is -0.352 e. The summed E-state index contributed by atoms with van der Waals surface area (Å²) in [7, 11) is 1.84. The summed E-state index contributed by atoms with van der Waals surface area (Å²) in [5.41, 5.74) is 2.31. The van der Waals surface area contributed by atoms with E-state index in [0.717, 1.165) is 12.1 Å². The van der Waals surface area contributed by atoms with Gasteiger partial charge in [0.1, 0.15) is 0 Å². The third kappa shape index (κ3) is 4.51. The number of hydrogen-bond acceptors (Lipinski definition) is 3. The maximum atomic E-state index is 11.6. The van der Waals surface area contributed by atoms with E-state index < -0.39 is 0 Å². The predicted octanol–water partition coefficient (Wildman–Crippen LogP) is 1.16. The normalized spacial score (nSPS) is 10.4. The van der Waals surface area contributed by atoms with Crippen molar-refractivity contribution in [3.05, 3.63) is 54.1 Å². The monoisotopic (exact) mass is 272 g/mol. The molecule has 0 aliphatic rings. The lowest BCUT2D eigenvalue weighted by atomic mass is 10.1. The van der Waals surface area contributed by atoms with E-state index in [1.165, 1.54) is 5.56 Å². The van der Waals surface area contributed by atoms with Gasteiger partial charge < -0.3 is 15.2 Å². The molecular weight excluding hydrogens is 252 g/mol. The van der Waals surface area contributed by atoms with Crippen molar-refractivity contribution in [2.45, 2.75) is 19.5 Å². The molecular formula is C15H20N4O. The third-order valence-corrected chi connectivity index (χ3v) is 3.01. The average Bonchev–Trinajstić information content (AvgIpc) is 2.96. The van der Waals surface area contributed by atoms with Crippen molar-refractivity contribution in [2.24, 2.45) is 0 Å². The summed E-state index contributed by atoms with van der Waals surface area (Å²) >= 11 is 0. The molecule has 1 heterocycles. The first-order valence-electron chi connectivity index (χ1n) is 6.73. The second kappa shape index (κ2) is 7.45. The Morgan fingerprint density at radius 2 is 2.20 bits per heavy atom. The van der Waals surface area contributed by atoms with Crippen LogP contribution in [0.3, 0.4) is 0 Å². The molecule has 2 rings (SSSR count). The van der Waals surface area contributed by atoms with E-state index in [2.05, 4.69) is 27.8 Å². The number of imidazole rings is 1. The number of carbonyl (C=O) groups is 1. The second-order valence-corrected chi connectivity index (χ2v) is 4.69. The molecule has 106 valence electrons. The summed E-state index contributed by atoms with van der Waals surface area (Å²) in [6, 6.07) is 8.22.